The summed E-state index contributed by atoms with van der Waals surface area (Å²) in [5, 5.41) is 3.30. The van der Waals surface area contributed by atoms with E-state index in [9.17, 15) is 31.2 Å². The Balaban J connectivity index is 2.44. The zero-order valence-corrected chi connectivity index (χ0v) is 22.8. The molecule has 2 rings (SSSR count). The lowest BCUT2D eigenvalue weighted by Crippen LogP contribution is -2.51. The van der Waals surface area contributed by atoms with Gasteiger partial charge in [-0.25, -0.2) is 8.42 Å². The quantitative estimate of drug-likeness (QED) is 0.373. The van der Waals surface area contributed by atoms with Crippen molar-refractivity contribution < 1.29 is 31.2 Å². The number of carbonyl (C=O) groups excluding carboxylic acids is 2. The van der Waals surface area contributed by atoms with Crippen molar-refractivity contribution in [2.24, 2.45) is 0 Å². The molecule has 0 aliphatic rings. The first-order valence-corrected chi connectivity index (χ1v) is 13.9. The minimum Gasteiger partial charge on any atom is -0.354 e. The number of anilines is 1. The summed E-state index contributed by atoms with van der Waals surface area (Å²) in [6.07, 6.45) is -2.39. The van der Waals surface area contributed by atoms with E-state index in [1.165, 1.54) is 13.0 Å². The first-order valence-electron chi connectivity index (χ1n) is 11.3. The van der Waals surface area contributed by atoms with Crippen molar-refractivity contribution in [1.82, 2.24) is 10.2 Å². The van der Waals surface area contributed by atoms with Crippen LogP contribution in [0, 0.1) is 0 Å². The number of hydrogen-bond donors (Lipinski definition) is 1. The smallest absolute Gasteiger partial charge is 0.354 e. The van der Waals surface area contributed by atoms with Crippen LogP contribution in [0.3, 0.4) is 0 Å². The molecular formula is C24H28Cl2F3N3O4S. The van der Waals surface area contributed by atoms with E-state index in [4.69, 9.17) is 23.2 Å². The predicted molar refractivity (Wildman–Crippen MR) is 138 cm³/mol. The number of alkyl halides is 3. The number of amides is 2. The van der Waals surface area contributed by atoms with Gasteiger partial charge in [0, 0.05) is 23.1 Å². The van der Waals surface area contributed by atoms with Gasteiger partial charge in [-0.1, -0.05) is 48.7 Å². The zero-order valence-electron chi connectivity index (χ0n) is 20.5. The summed E-state index contributed by atoms with van der Waals surface area (Å²) < 4.78 is 65.4. The van der Waals surface area contributed by atoms with Crippen LogP contribution in [0.1, 0.15) is 37.8 Å². The maximum Gasteiger partial charge on any atom is 0.416 e. The van der Waals surface area contributed by atoms with E-state index in [0.29, 0.717) is 33.9 Å². The van der Waals surface area contributed by atoms with Crippen molar-refractivity contribution in [3.8, 4) is 0 Å². The van der Waals surface area contributed by atoms with E-state index in [1.807, 2.05) is 6.92 Å². The third-order valence-electron chi connectivity index (χ3n) is 5.49. The third-order valence-corrected chi connectivity index (χ3v) is 7.22. The van der Waals surface area contributed by atoms with E-state index in [2.05, 4.69) is 5.32 Å². The first kappa shape index (κ1) is 30.7. The molecule has 1 atom stereocenters. The minimum absolute atomic E-state index is 0.169. The van der Waals surface area contributed by atoms with Crippen molar-refractivity contribution in [3.05, 3.63) is 63.6 Å². The molecule has 0 radical (unpaired) electrons. The molecular weight excluding hydrogens is 554 g/mol. The highest BCUT2D eigenvalue weighted by Gasteiger charge is 2.33. The number of unbranched alkanes of at least 4 members (excludes halogenated alkanes) is 1. The highest BCUT2D eigenvalue weighted by Crippen LogP contribution is 2.32. The van der Waals surface area contributed by atoms with Gasteiger partial charge < -0.3 is 10.2 Å². The molecule has 2 aromatic rings. The second-order valence-electron chi connectivity index (χ2n) is 8.40. The van der Waals surface area contributed by atoms with Crippen molar-refractivity contribution in [1.29, 1.82) is 0 Å². The van der Waals surface area contributed by atoms with Crippen LogP contribution in [-0.4, -0.2) is 50.5 Å². The van der Waals surface area contributed by atoms with Crippen LogP contribution < -0.4 is 9.62 Å². The average Bonchev–Trinajstić information content (AvgIpc) is 2.80. The lowest BCUT2D eigenvalue weighted by atomic mass is 10.1. The van der Waals surface area contributed by atoms with Crippen molar-refractivity contribution >= 4 is 50.7 Å². The summed E-state index contributed by atoms with van der Waals surface area (Å²) in [6.45, 7) is 2.79. The second-order valence-corrected chi connectivity index (χ2v) is 11.1. The van der Waals surface area contributed by atoms with Gasteiger partial charge in [-0.15, -0.1) is 0 Å². The Kier molecular flexibility index (Phi) is 10.7. The molecule has 0 aliphatic carbocycles. The summed E-state index contributed by atoms with van der Waals surface area (Å²) in [5.41, 5.74) is -0.965. The molecule has 7 nitrogen and oxygen atoms in total. The fourth-order valence-electron chi connectivity index (χ4n) is 3.40. The fraction of sp³-hybridized carbons (Fsp3) is 0.417. The molecule has 0 aliphatic heterocycles. The number of carbonyl (C=O) groups is 2. The molecule has 0 saturated heterocycles. The highest BCUT2D eigenvalue weighted by molar-refractivity contribution is 7.92. The summed E-state index contributed by atoms with van der Waals surface area (Å²) >= 11 is 12.2. The molecule has 0 fully saturated rings. The SMILES string of the molecule is CCCCNC(=O)C(C)N(Cc1ccc(Cl)cc1Cl)C(=O)CN(c1cccc(C(F)(F)F)c1)S(C)(=O)=O. The van der Waals surface area contributed by atoms with E-state index < -0.39 is 46.2 Å². The molecule has 0 bridgehead atoms. The molecule has 204 valence electrons. The Labute approximate surface area is 224 Å². The molecule has 2 amide bonds. The van der Waals surface area contributed by atoms with Crippen LogP contribution in [-0.2, 0) is 32.3 Å². The van der Waals surface area contributed by atoms with Crippen LogP contribution in [0.15, 0.2) is 42.5 Å². The second kappa shape index (κ2) is 12.8. The Morgan fingerprint density at radius 2 is 1.78 bits per heavy atom. The highest BCUT2D eigenvalue weighted by atomic mass is 35.5. The Bertz CT molecular complexity index is 1230. The van der Waals surface area contributed by atoms with E-state index in [0.717, 1.165) is 35.8 Å². The number of nitrogens with one attached hydrogen (secondary N) is 1. The number of nitrogens with zero attached hydrogens (tertiary/aromatic N) is 2. The van der Waals surface area contributed by atoms with Crippen LogP contribution in [0.25, 0.3) is 0 Å². The van der Waals surface area contributed by atoms with Crippen LogP contribution in [0.4, 0.5) is 18.9 Å². The molecule has 1 N–H and O–H groups in total. The van der Waals surface area contributed by atoms with Gasteiger partial charge in [0.1, 0.15) is 12.6 Å². The Hall–Kier alpha value is -2.50. The monoisotopic (exact) mass is 581 g/mol. The number of hydrogen-bond acceptors (Lipinski definition) is 4. The number of sulfonamides is 1. The molecule has 0 aromatic heterocycles. The van der Waals surface area contributed by atoms with Gasteiger partial charge in [0.15, 0.2) is 0 Å². The molecule has 1 unspecified atom stereocenters. The van der Waals surface area contributed by atoms with Gasteiger partial charge in [0.2, 0.25) is 21.8 Å². The molecule has 37 heavy (non-hydrogen) atoms. The van der Waals surface area contributed by atoms with Gasteiger partial charge in [0.05, 0.1) is 17.5 Å². The summed E-state index contributed by atoms with van der Waals surface area (Å²) in [4.78, 5) is 27.4. The molecule has 0 spiro atoms. The van der Waals surface area contributed by atoms with Gasteiger partial charge >= 0.3 is 6.18 Å². The average molecular weight is 582 g/mol. The van der Waals surface area contributed by atoms with Crippen molar-refractivity contribution in [3.63, 3.8) is 0 Å². The van der Waals surface area contributed by atoms with Gasteiger partial charge in [-0.2, -0.15) is 13.2 Å². The van der Waals surface area contributed by atoms with Crippen molar-refractivity contribution in [2.45, 2.75) is 45.5 Å². The molecule has 2 aromatic carbocycles. The van der Waals surface area contributed by atoms with E-state index >= 15 is 0 Å². The maximum atomic E-state index is 13.5. The van der Waals surface area contributed by atoms with E-state index in [1.54, 1.807) is 12.1 Å². The van der Waals surface area contributed by atoms with Gasteiger partial charge in [0.25, 0.3) is 0 Å². The first-order chi connectivity index (χ1) is 17.1. The molecule has 13 heteroatoms. The topological polar surface area (TPSA) is 86.8 Å². The minimum atomic E-state index is -4.72. The summed E-state index contributed by atoms with van der Waals surface area (Å²) in [6, 6.07) is 7.17. The number of halogens is 5. The van der Waals surface area contributed by atoms with E-state index in [-0.39, 0.29) is 17.3 Å². The Morgan fingerprint density at radius 1 is 1.11 bits per heavy atom. The fourth-order valence-corrected chi connectivity index (χ4v) is 4.71. The third kappa shape index (κ3) is 8.79. The van der Waals surface area contributed by atoms with Gasteiger partial charge in [-0.05, 0) is 49.2 Å². The number of benzene rings is 2. The largest absolute Gasteiger partial charge is 0.416 e. The summed E-state index contributed by atoms with van der Waals surface area (Å²) in [7, 11) is -4.18. The lowest BCUT2D eigenvalue weighted by molar-refractivity contribution is -0.139. The predicted octanol–water partition coefficient (Wildman–Crippen LogP) is 5.11. The summed E-state index contributed by atoms with van der Waals surface area (Å²) in [5.74, 6) is -1.29. The zero-order chi connectivity index (χ0) is 28.0. The standard InChI is InChI=1S/C24H28Cl2F3N3O4S/c1-4-5-11-30-23(34)16(2)31(14-17-9-10-19(25)13-21(17)26)22(33)15-32(37(3,35)36)20-8-6-7-18(12-20)24(27,28)29/h6-10,12-13,16H,4-5,11,14-15H2,1-3H3,(H,30,34). The maximum absolute atomic E-state index is 13.5. The van der Waals surface area contributed by atoms with Gasteiger partial charge in [-0.3, -0.25) is 13.9 Å². The van der Waals surface area contributed by atoms with Crippen LogP contribution in [0.2, 0.25) is 10.0 Å². The number of rotatable bonds is 11. The van der Waals surface area contributed by atoms with Crippen LogP contribution in [0.5, 0.6) is 0 Å². The Morgan fingerprint density at radius 3 is 2.35 bits per heavy atom. The van der Waals surface area contributed by atoms with Crippen LogP contribution >= 0.6 is 23.2 Å². The lowest BCUT2D eigenvalue weighted by Gasteiger charge is -2.31. The van der Waals surface area contributed by atoms with Crippen molar-refractivity contribution in [2.75, 3.05) is 23.7 Å². The molecule has 0 heterocycles. The molecule has 0 saturated carbocycles. The normalized spacial score (nSPS) is 12.6.